The van der Waals surface area contributed by atoms with Crippen molar-refractivity contribution in [3.63, 3.8) is 0 Å². The minimum atomic E-state index is -0.230. The molecule has 0 aliphatic heterocycles. The number of aromatic nitrogens is 4. The third-order valence-electron chi connectivity index (χ3n) is 5.45. The van der Waals surface area contributed by atoms with Crippen molar-refractivity contribution < 1.29 is 9.21 Å². The number of H-pyrrole nitrogens is 1. The Morgan fingerprint density at radius 2 is 2.19 bits per heavy atom. The SMILES string of the molecule is CC(=O)c1sc2nc(CSc3nnc(-c4cc5c(s4)CCC(C)C5)o3)[nH]c(=O)c2c1C. The van der Waals surface area contributed by atoms with Crippen molar-refractivity contribution in [1.82, 2.24) is 20.2 Å². The van der Waals surface area contributed by atoms with Gasteiger partial charge in [0.15, 0.2) is 5.78 Å². The summed E-state index contributed by atoms with van der Waals surface area (Å²) < 4.78 is 5.86. The van der Waals surface area contributed by atoms with Crippen molar-refractivity contribution in [1.29, 1.82) is 0 Å². The van der Waals surface area contributed by atoms with Crippen LogP contribution in [0.2, 0.25) is 0 Å². The first kappa shape index (κ1) is 20.6. The normalized spacial score (nSPS) is 16.0. The van der Waals surface area contributed by atoms with Crippen LogP contribution in [-0.4, -0.2) is 25.9 Å². The van der Waals surface area contributed by atoms with Crippen LogP contribution in [0.4, 0.5) is 0 Å². The van der Waals surface area contributed by atoms with E-state index in [0.29, 0.717) is 43.3 Å². The molecule has 4 heterocycles. The molecule has 0 amide bonds. The zero-order chi connectivity index (χ0) is 21.7. The number of thioether (sulfide) groups is 1. The lowest BCUT2D eigenvalue weighted by Gasteiger charge is -2.16. The molecule has 1 aliphatic carbocycles. The third-order valence-corrected chi connectivity index (χ3v) is 8.79. The predicted octanol–water partition coefficient (Wildman–Crippen LogP) is 5.02. The molecule has 0 bridgehead atoms. The van der Waals surface area contributed by atoms with Crippen LogP contribution in [0.15, 0.2) is 20.5 Å². The van der Waals surface area contributed by atoms with E-state index in [4.69, 9.17) is 4.42 Å². The molecule has 0 radical (unpaired) electrons. The molecule has 0 saturated heterocycles. The van der Waals surface area contributed by atoms with E-state index in [1.54, 1.807) is 18.3 Å². The number of thiophene rings is 2. The lowest BCUT2D eigenvalue weighted by atomic mass is 9.90. The van der Waals surface area contributed by atoms with Gasteiger partial charge >= 0.3 is 0 Å². The summed E-state index contributed by atoms with van der Waals surface area (Å²) in [6, 6.07) is 2.18. The van der Waals surface area contributed by atoms with Crippen molar-refractivity contribution in [3.05, 3.63) is 43.1 Å². The Morgan fingerprint density at radius 1 is 1.35 bits per heavy atom. The van der Waals surface area contributed by atoms with Gasteiger partial charge in [-0.05, 0) is 56.2 Å². The number of hydrogen-bond donors (Lipinski definition) is 1. The Balaban J connectivity index is 1.34. The van der Waals surface area contributed by atoms with Gasteiger partial charge < -0.3 is 9.40 Å². The first-order valence-corrected chi connectivity index (χ1v) is 12.6. The van der Waals surface area contributed by atoms with Crippen molar-refractivity contribution in [3.8, 4) is 10.8 Å². The van der Waals surface area contributed by atoms with Crippen LogP contribution in [0.1, 0.15) is 51.8 Å². The Bertz CT molecular complexity index is 1360. The van der Waals surface area contributed by atoms with Gasteiger partial charge in [-0.15, -0.1) is 32.9 Å². The Labute approximate surface area is 190 Å². The molecule has 1 unspecified atom stereocenters. The Hall–Kier alpha value is -2.30. The molecule has 160 valence electrons. The molecular weight excluding hydrogens is 452 g/mol. The van der Waals surface area contributed by atoms with Crippen molar-refractivity contribution in [2.75, 3.05) is 0 Å². The van der Waals surface area contributed by atoms with Crippen LogP contribution in [0.3, 0.4) is 0 Å². The lowest BCUT2D eigenvalue weighted by molar-refractivity contribution is 0.102. The fourth-order valence-corrected chi connectivity index (χ4v) is 6.76. The average Bonchev–Trinajstić information content (AvgIpc) is 3.43. The summed E-state index contributed by atoms with van der Waals surface area (Å²) in [6.07, 6.45) is 3.45. The highest BCUT2D eigenvalue weighted by molar-refractivity contribution is 7.98. The highest BCUT2D eigenvalue weighted by atomic mass is 32.2. The molecule has 0 fully saturated rings. The first-order valence-electron chi connectivity index (χ1n) is 10.0. The predicted molar refractivity (Wildman–Crippen MR) is 123 cm³/mol. The van der Waals surface area contributed by atoms with Gasteiger partial charge in [0.1, 0.15) is 10.7 Å². The van der Waals surface area contributed by atoms with E-state index in [9.17, 15) is 9.59 Å². The number of rotatable bonds is 5. The van der Waals surface area contributed by atoms with E-state index in [-0.39, 0.29) is 11.3 Å². The van der Waals surface area contributed by atoms with Crippen LogP contribution >= 0.6 is 34.4 Å². The second-order valence-corrected chi connectivity index (χ2v) is 10.9. The number of hydrogen-bond acceptors (Lipinski definition) is 9. The number of carbonyl (C=O) groups is 1. The van der Waals surface area contributed by atoms with Crippen LogP contribution in [0.5, 0.6) is 0 Å². The third kappa shape index (κ3) is 3.88. The smallest absolute Gasteiger partial charge is 0.277 e. The molecule has 1 aliphatic rings. The van der Waals surface area contributed by atoms with E-state index < -0.39 is 0 Å². The molecule has 7 nitrogen and oxygen atoms in total. The van der Waals surface area contributed by atoms with Crippen molar-refractivity contribution in [2.24, 2.45) is 5.92 Å². The van der Waals surface area contributed by atoms with Gasteiger partial charge in [0.05, 0.1) is 20.9 Å². The molecule has 10 heteroatoms. The van der Waals surface area contributed by atoms with E-state index in [2.05, 4.69) is 33.2 Å². The van der Waals surface area contributed by atoms with Gasteiger partial charge in [-0.3, -0.25) is 9.59 Å². The van der Waals surface area contributed by atoms with Gasteiger partial charge in [0.2, 0.25) is 0 Å². The molecular formula is C21H20N4O3S3. The minimum absolute atomic E-state index is 0.0565. The van der Waals surface area contributed by atoms with Gasteiger partial charge in [-0.2, -0.15) is 0 Å². The second kappa shape index (κ2) is 7.99. The summed E-state index contributed by atoms with van der Waals surface area (Å²) in [5.41, 5.74) is 1.86. The highest BCUT2D eigenvalue weighted by Crippen LogP contribution is 2.37. The van der Waals surface area contributed by atoms with Gasteiger partial charge in [0, 0.05) is 4.88 Å². The van der Waals surface area contributed by atoms with Gasteiger partial charge in [-0.25, -0.2) is 4.98 Å². The number of aromatic amines is 1. The Morgan fingerprint density at radius 3 is 3.00 bits per heavy atom. The fourth-order valence-electron chi connectivity index (χ4n) is 3.90. The zero-order valence-corrected chi connectivity index (χ0v) is 19.7. The standard InChI is InChI=1S/C21H20N4O3S3/c1-9-4-5-13-12(6-9)7-14(30-13)19-24-25-21(28-19)29-8-15-22-18(27)16-10(2)17(11(3)26)31-20(16)23-15/h7,9H,4-6,8H2,1-3H3,(H,22,23,27). The monoisotopic (exact) mass is 472 g/mol. The maximum Gasteiger partial charge on any atom is 0.277 e. The average molecular weight is 473 g/mol. The molecule has 5 rings (SSSR count). The molecule has 31 heavy (non-hydrogen) atoms. The second-order valence-electron chi connectivity index (χ2n) is 7.87. The largest absolute Gasteiger partial charge is 0.410 e. The topological polar surface area (TPSA) is 102 Å². The zero-order valence-electron chi connectivity index (χ0n) is 17.3. The maximum absolute atomic E-state index is 12.5. The first-order chi connectivity index (χ1) is 14.9. The fraction of sp³-hybridized carbons (Fsp3) is 0.381. The van der Waals surface area contributed by atoms with E-state index >= 15 is 0 Å². The van der Waals surface area contributed by atoms with Crippen molar-refractivity contribution >= 4 is 50.4 Å². The number of aryl methyl sites for hydroxylation is 2. The van der Waals surface area contributed by atoms with Crippen LogP contribution in [-0.2, 0) is 18.6 Å². The van der Waals surface area contributed by atoms with Gasteiger partial charge in [-0.1, -0.05) is 18.7 Å². The summed E-state index contributed by atoms with van der Waals surface area (Å²) in [5.74, 6) is 2.09. The minimum Gasteiger partial charge on any atom is -0.410 e. The quantitative estimate of drug-likeness (QED) is 0.321. The number of Topliss-reactive ketones (excluding diaryl/α,β-unsaturated/α-hetero) is 1. The van der Waals surface area contributed by atoms with Crippen molar-refractivity contribution in [2.45, 2.75) is 51.0 Å². The number of fused-ring (bicyclic) bond motifs is 2. The van der Waals surface area contributed by atoms with E-state index in [1.807, 2.05) is 0 Å². The maximum atomic E-state index is 12.5. The number of nitrogens with one attached hydrogen (secondary N) is 1. The van der Waals surface area contributed by atoms with Crippen LogP contribution in [0, 0.1) is 12.8 Å². The summed E-state index contributed by atoms with van der Waals surface area (Å²) in [6.45, 7) is 5.57. The Kier molecular flexibility index (Phi) is 5.31. The molecule has 0 saturated carbocycles. The number of nitrogens with zero attached hydrogens (tertiary/aromatic N) is 3. The molecule has 4 aromatic heterocycles. The molecule has 0 spiro atoms. The summed E-state index contributed by atoms with van der Waals surface area (Å²) in [7, 11) is 0. The summed E-state index contributed by atoms with van der Waals surface area (Å²) in [4.78, 5) is 35.2. The highest BCUT2D eigenvalue weighted by Gasteiger charge is 2.21. The summed E-state index contributed by atoms with van der Waals surface area (Å²) >= 11 is 4.32. The molecule has 0 aromatic carbocycles. The molecule has 1 atom stereocenters. The van der Waals surface area contributed by atoms with Crippen LogP contribution in [0.25, 0.3) is 21.0 Å². The van der Waals surface area contributed by atoms with E-state index in [1.165, 1.54) is 46.9 Å². The summed E-state index contributed by atoms with van der Waals surface area (Å²) in [5, 5.41) is 9.27. The number of carbonyl (C=O) groups excluding carboxylic acids is 1. The molecule has 1 N–H and O–H groups in total. The number of ketones is 1. The molecule has 4 aromatic rings. The van der Waals surface area contributed by atoms with E-state index in [0.717, 1.165) is 23.6 Å². The van der Waals surface area contributed by atoms with Gasteiger partial charge in [0.25, 0.3) is 16.7 Å². The van der Waals surface area contributed by atoms with Crippen LogP contribution < -0.4 is 5.56 Å². The lowest BCUT2D eigenvalue weighted by Crippen LogP contribution is -2.11.